The van der Waals surface area contributed by atoms with E-state index in [2.05, 4.69) is 31.4 Å². The lowest BCUT2D eigenvalue weighted by molar-refractivity contribution is -0.125. The molecule has 0 aliphatic heterocycles. The summed E-state index contributed by atoms with van der Waals surface area (Å²) in [6.07, 6.45) is 3.10. The van der Waals surface area contributed by atoms with Gasteiger partial charge in [0.1, 0.15) is 17.5 Å². The van der Waals surface area contributed by atoms with Gasteiger partial charge < -0.3 is 19.9 Å². The summed E-state index contributed by atoms with van der Waals surface area (Å²) in [5.41, 5.74) is 2.37. The van der Waals surface area contributed by atoms with Crippen LogP contribution in [0.5, 0.6) is 5.88 Å². The van der Waals surface area contributed by atoms with Gasteiger partial charge in [-0.05, 0) is 36.8 Å². The molecule has 3 aromatic heterocycles. The second kappa shape index (κ2) is 10.9. The first-order valence-electron chi connectivity index (χ1n) is 10.5. The molecule has 0 aliphatic rings. The zero-order valence-corrected chi connectivity index (χ0v) is 19.3. The predicted octanol–water partition coefficient (Wildman–Crippen LogP) is 2.44. The maximum absolute atomic E-state index is 12.9. The predicted molar refractivity (Wildman–Crippen MR) is 126 cm³/mol. The van der Waals surface area contributed by atoms with E-state index in [4.69, 9.17) is 26.2 Å². The third-order valence-corrected chi connectivity index (χ3v) is 5.24. The van der Waals surface area contributed by atoms with Crippen molar-refractivity contribution in [3.8, 4) is 17.6 Å². The molecule has 178 valence electrons. The van der Waals surface area contributed by atoms with Crippen LogP contribution in [0.4, 0.5) is 5.82 Å². The van der Waals surface area contributed by atoms with E-state index in [1.807, 2.05) is 13.0 Å². The van der Waals surface area contributed by atoms with Crippen LogP contribution in [0.15, 0.2) is 49.1 Å². The zero-order chi connectivity index (χ0) is 24.8. The van der Waals surface area contributed by atoms with Gasteiger partial charge in [0.2, 0.25) is 12.0 Å². The maximum Gasteiger partial charge on any atom is 0.269 e. The Morgan fingerprint density at radius 2 is 2.11 bits per heavy atom. The van der Waals surface area contributed by atoms with Gasteiger partial charge in [-0.1, -0.05) is 17.7 Å². The normalized spacial score (nSPS) is 11.7. The van der Waals surface area contributed by atoms with Gasteiger partial charge in [0.15, 0.2) is 5.65 Å². The van der Waals surface area contributed by atoms with Crippen molar-refractivity contribution in [2.45, 2.75) is 13.0 Å². The fourth-order valence-corrected chi connectivity index (χ4v) is 3.39. The number of aliphatic hydroxyl groups excluding tert-OH is 1. The minimum atomic E-state index is -1.12. The SMILES string of the molecule is Cc1c(C#N)cccc1-n1ncc2c(OC(COCCO)C(=O)Nc3ccc(Cl)cn3)ncnc21. The second-order valence-corrected chi connectivity index (χ2v) is 7.73. The molecule has 0 spiro atoms. The van der Waals surface area contributed by atoms with E-state index < -0.39 is 12.0 Å². The molecule has 1 amide bonds. The van der Waals surface area contributed by atoms with Crippen molar-refractivity contribution in [1.29, 1.82) is 5.26 Å². The number of nitriles is 1. The van der Waals surface area contributed by atoms with Gasteiger partial charge in [0.05, 0.1) is 48.4 Å². The Morgan fingerprint density at radius 3 is 2.86 bits per heavy atom. The van der Waals surface area contributed by atoms with Crippen molar-refractivity contribution in [3.05, 3.63) is 65.2 Å². The first kappa shape index (κ1) is 24.0. The maximum atomic E-state index is 12.9. The molecule has 2 N–H and O–H groups in total. The average Bonchev–Trinajstić information content (AvgIpc) is 3.30. The lowest BCUT2D eigenvalue weighted by Crippen LogP contribution is -2.37. The number of aromatic nitrogens is 5. The van der Waals surface area contributed by atoms with Crippen LogP contribution in [0.3, 0.4) is 0 Å². The molecule has 0 bridgehead atoms. The number of carbonyl (C=O) groups excluding carboxylic acids is 1. The van der Waals surface area contributed by atoms with Crippen LogP contribution in [0.1, 0.15) is 11.1 Å². The average molecular weight is 494 g/mol. The highest BCUT2D eigenvalue weighted by molar-refractivity contribution is 6.30. The quantitative estimate of drug-likeness (QED) is 0.335. The molecule has 11 nitrogen and oxygen atoms in total. The van der Waals surface area contributed by atoms with Crippen LogP contribution in [-0.2, 0) is 9.53 Å². The molecule has 1 aromatic carbocycles. The Kier molecular flexibility index (Phi) is 7.47. The summed E-state index contributed by atoms with van der Waals surface area (Å²) in [5.74, 6) is -0.134. The summed E-state index contributed by atoms with van der Waals surface area (Å²) in [6.45, 7) is 1.49. The summed E-state index contributed by atoms with van der Waals surface area (Å²) in [6, 6.07) is 10.6. The molecule has 3 heterocycles. The topological polar surface area (TPSA) is 148 Å². The summed E-state index contributed by atoms with van der Waals surface area (Å²) in [7, 11) is 0. The Bertz CT molecular complexity index is 1390. The van der Waals surface area contributed by atoms with Crippen LogP contribution in [-0.4, -0.2) is 61.7 Å². The number of amides is 1. The van der Waals surface area contributed by atoms with E-state index in [1.54, 1.807) is 28.9 Å². The van der Waals surface area contributed by atoms with Crippen molar-refractivity contribution < 1.29 is 19.4 Å². The number of halogens is 1. The first-order chi connectivity index (χ1) is 17.0. The molecule has 12 heteroatoms. The minimum Gasteiger partial charge on any atom is -0.461 e. The fourth-order valence-electron chi connectivity index (χ4n) is 3.28. The van der Waals surface area contributed by atoms with Crippen LogP contribution >= 0.6 is 11.6 Å². The number of benzene rings is 1. The standard InChI is InChI=1S/C23H20ClN7O4/c1-14-15(9-25)3-2-4-18(14)31-21-17(11-29-31)23(28-13-27-21)35-19(12-34-8-7-32)22(33)30-20-6-5-16(24)10-26-20/h2-6,10-11,13,19,32H,7-8,12H2,1H3,(H,26,30,33). The smallest absolute Gasteiger partial charge is 0.269 e. The highest BCUT2D eigenvalue weighted by Crippen LogP contribution is 2.26. The molecule has 0 saturated carbocycles. The van der Waals surface area contributed by atoms with Crippen molar-refractivity contribution in [2.24, 2.45) is 0 Å². The van der Waals surface area contributed by atoms with Crippen molar-refractivity contribution in [2.75, 3.05) is 25.1 Å². The van der Waals surface area contributed by atoms with E-state index >= 15 is 0 Å². The summed E-state index contributed by atoms with van der Waals surface area (Å²) >= 11 is 5.85. The Hall–Kier alpha value is -4.11. The number of anilines is 1. The van der Waals surface area contributed by atoms with E-state index in [1.165, 1.54) is 18.7 Å². The van der Waals surface area contributed by atoms with Gasteiger partial charge in [-0.15, -0.1) is 0 Å². The van der Waals surface area contributed by atoms with Gasteiger partial charge in [-0.3, -0.25) is 4.79 Å². The lowest BCUT2D eigenvalue weighted by Gasteiger charge is -2.18. The summed E-state index contributed by atoms with van der Waals surface area (Å²) < 4.78 is 12.9. The fraction of sp³-hybridized carbons (Fsp3) is 0.217. The molecule has 0 fully saturated rings. The molecule has 0 saturated heterocycles. The first-order valence-corrected chi connectivity index (χ1v) is 10.9. The number of hydrogen-bond donors (Lipinski definition) is 2. The molecule has 0 radical (unpaired) electrons. The van der Waals surface area contributed by atoms with E-state index in [0.717, 1.165) is 5.56 Å². The third-order valence-electron chi connectivity index (χ3n) is 5.01. The zero-order valence-electron chi connectivity index (χ0n) is 18.6. The number of aliphatic hydroxyl groups is 1. The lowest BCUT2D eigenvalue weighted by atomic mass is 10.1. The van der Waals surface area contributed by atoms with Gasteiger partial charge in [-0.25, -0.2) is 19.6 Å². The highest BCUT2D eigenvalue weighted by Gasteiger charge is 2.24. The third kappa shape index (κ3) is 5.36. The minimum absolute atomic E-state index is 0.0258. The number of fused-ring (bicyclic) bond motifs is 1. The van der Waals surface area contributed by atoms with Gasteiger partial charge in [0.25, 0.3) is 5.91 Å². The summed E-state index contributed by atoms with van der Waals surface area (Å²) in [5, 5.41) is 26.3. The highest BCUT2D eigenvalue weighted by atomic mass is 35.5. The molecule has 1 atom stereocenters. The van der Waals surface area contributed by atoms with Gasteiger partial charge in [0, 0.05) is 6.20 Å². The van der Waals surface area contributed by atoms with Crippen LogP contribution < -0.4 is 10.1 Å². The van der Waals surface area contributed by atoms with E-state index in [9.17, 15) is 10.1 Å². The number of nitrogens with one attached hydrogen (secondary N) is 1. The number of pyridine rings is 1. The second-order valence-electron chi connectivity index (χ2n) is 7.29. The summed E-state index contributed by atoms with van der Waals surface area (Å²) in [4.78, 5) is 25.5. The number of carbonyl (C=O) groups is 1. The number of nitrogens with zero attached hydrogens (tertiary/aromatic N) is 6. The van der Waals surface area contributed by atoms with Crippen molar-refractivity contribution in [1.82, 2.24) is 24.7 Å². The van der Waals surface area contributed by atoms with Crippen molar-refractivity contribution >= 4 is 34.4 Å². The van der Waals surface area contributed by atoms with Gasteiger partial charge in [-0.2, -0.15) is 10.4 Å². The monoisotopic (exact) mass is 493 g/mol. The van der Waals surface area contributed by atoms with E-state index in [0.29, 0.717) is 27.3 Å². The van der Waals surface area contributed by atoms with Crippen LogP contribution in [0.2, 0.25) is 5.02 Å². The Balaban J connectivity index is 1.64. The van der Waals surface area contributed by atoms with E-state index in [-0.39, 0.29) is 31.5 Å². The van der Waals surface area contributed by atoms with Gasteiger partial charge >= 0.3 is 0 Å². The van der Waals surface area contributed by atoms with Crippen molar-refractivity contribution in [3.63, 3.8) is 0 Å². The Labute approximate surface area is 204 Å². The number of hydrogen-bond acceptors (Lipinski definition) is 9. The Morgan fingerprint density at radius 1 is 1.26 bits per heavy atom. The molecular weight excluding hydrogens is 474 g/mol. The van der Waals surface area contributed by atoms with Crippen LogP contribution in [0.25, 0.3) is 16.7 Å². The molecular formula is C23H20ClN7O4. The number of ether oxygens (including phenoxy) is 2. The molecule has 1 unspecified atom stereocenters. The molecule has 0 aliphatic carbocycles. The molecule has 4 rings (SSSR count). The molecule has 35 heavy (non-hydrogen) atoms. The molecule has 4 aromatic rings. The largest absolute Gasteiger partial charge is 0.461 e. The number of rotatable bonds is 9. The van der Waals surface area contributed by atoms with Crippen LogP contribution in [0, 0.1) is 18.3 Å².